The van der Waals surface area contributed by atoms with Crippen molar-refractivity contribution in [1.29, 1.82) is 0 Å². The Morgan fingerprint density at radius 3 is 2.58 bits per heavy atom. The molecule has 164 valence electrons. The topological polar surface area (TPSA) is 55.2 Å². The molecule has 0 fully saturated rings. The first-order chi connectivity index (χ1) is 15.0. The van der Waals surface area contributed by atoms with Crippen LogP contribution in [0.15, 0.2) is 53.3 Å². The van der Waals surface area contributed by atoms with Crippen LogP contribution in [0.1, 0.15) is 57.5 Å². The second-order valence-corrected chi connectivity index (χ2v) is 8.22. The van der Waals surface area contributed by atoms with Gasteiger partial charge in [-0.2, -0.15) is 0 Å². The Kier molecular flexibility index (Phi) is 7.85. The molecule has 1 unspecified atom stereocenters. The van der Waals surface area contributed by atoms with Crippen molar-refractivity contribution in [3.8, 4) is 0 Å². The molecule has 3 aromatic rings. The van der Waals surface area contributed by atoms with E-state index in [9.17, 15) is 9.59 Å². The highest BCUT2D eigenvalue weighted by molar-refractivity contribution is 6.31. The quantitative estimate of drug-likeness (QED) is 0.449. The minimum Gasteiger partial charge on any atom is -0.333 e. The fourth-order valence-electron chi connectivity index (χ4n) is 3.88. The molecular weight excluding hydrogens is 410 g/mol. The lowest BCUT2D eigenvalue weighted by molar-refractivity contribution is -0.133. The van der Waals surface area contributed by atoms with E-state index < -0.39 is 0 Å². The number of unbranched alkanes of at least 4 members (excludes halogenated alkanes) is 1. The third-order valence-corrected chi connectivity index (χ3v) is 5.88. The van der Waals surface area contributed by atoms with Crippen LogP contribution in [0, 0.1) is 0 Å². The molecule has 0 spiro atoms. The van der Waals surface area contributed by atoms with Crippen LogP contribution in [0.4, 0.5) is 0 Å². The molecule has 0 aliphatic heterocycles. The number of aromatic nitrogens is 2. The molecular formula is C25H30ClN3O2. The van der Waals surface area contributed by atoms with Crippen molar-refractivity contribution in [2.75, 3.05) is 6.54 Å². The van der Waals surface area contributed by atoms with Crippen LogP contribution < -0.4 is 5.56 Å². The summed E-state index contributed by atoms with van der Waals surface area (Å²) in [5.41, 5.74) is 1.61. The van der Waals surface area contributed by atoms with Gasteiger partial charge in [-0.15, -0.1) is 0 Å². The Morgan fingerprint density at radius 1 is 1.16 bits per heavy atom. The van der Waals surface area contributed by atoms with Crippen LogP contribution in [-0.4, -0.2) is 26.9 Å². The molecule has 5 nitrogen and oxygen atoms in total. The molecule has 1 amide bonds. The van der Waals surface area contributed by atoms with E-state index in [1.54, 1.807) is 22.8 Å². The number of halogens is 1. The Bertz CT molecular complexity index is 1100. The number of rotatable bonds is 9. The Hall–Kier alpha value is -2.66. The maximum atomic E-state index is 13.2. The van der Waals surface area contributed by atoms with Gasteiger partial charge in [-0.1, -0.05) is 55.3 Å². The number of aryl methyl sites for hydroxylation is 1. The van der Waals surface area contributed by atoms with E-state index in [-0.39, 0.29) is 17.5 Å². The fourth-order valence-corrected chi connectivity index (χ4v) is 4.04. The van der Waals surface area contributed by atoms with Gasteiger partial charge in [0.1, 0.15) is 5.82 Å². The largest absolute Gasteiger partial charge is 0.333 e. The third kappa shape index (κ3) is 5.34. The molecule has 2 aromatic carbocycles. The number of hydrogen-bond donors (Lipinski definition) is 0. The molecule has 0 aliphatic carbocycles. The van der Waals surface area contributed by atoms with Crippen molar-refractivity contribution in [2.24, 2.45) is 0 Å². The summed E-state index contributed by atoms with van der Waals surface area (Å²) in [5.74, 6) is 0.680. The summed E-state index contributed by atoms with van der Waals surface area (Å²) in [6.45, 7) is 7.12. The number of hydrogen-bond acceptors (Lipinski definition) is 3. The van der Waals surface area contributed by atoms with E-state index in [1.807, 2.05) is 49.1 Å². The minimum absolute atomic E-state index is 0.0768. The van der Waals surface area contributed by atoms with Gasteiger partial charge in [0.25, 0.3) is 5.56 Å². The minimum atomic E-state index is -0.314. The Labute approximate surface area is 188 Å². The average Bonchev–Trinajstić information content (AvgIpc) is 2.78. The van der Waals surface area contributed by atoms with Gasteiger partial charge in [0.2, 0.25) is 5.91 Å². The van der Waals surface area contributed by atoms with Crippen molar-refractivity contribution in [3.63, 3.8) is 0 Å². The van der Waals surface area contributed by atoms with E-state index in [0.29, 0.717) is 47.7 Å². The molecule has 1 atom stereocenters. The molecule has 6 heteroatoms. The van der Waals surface area contributed by atoms with Gasteiger partial charge in [-0.25, -0.2) is 4.98 Å². The standard InChI is InChI=1S/C25H30ClN3O2/c1-4-6-16-29(23(30)15-12-19-10-8-7-9-11-19)18(3)24-27-22-17-20(26)13-14-21(22)25(31)28(24)5-2/h7-11,13-14,17-18H,4-6,12,15-16H2,1-3H3. The van der Waals surface area contributed by atoms with Crippen molar-refractivity contribution in [1.82, 2.24) is 14.5 Å². The summed E-state index contributed by atoms with van der Waals surface area (Å²) in [7, 11) is 0. The number of carbonyl (C=O) groups excluding carboxylic acids is 1. The Balaban J connectivity index is 1.94. The van der Waals surface area contributed by atoms with Crippen LogP contribution in [0.2, 0.25) is 5.02 Å². The van der Waals surface area contributed by atoms with E-state index in [0.717, 1.165) is 18.4 Å². The number of carbonyl (C=O) groups is 1. The lowest BCUT2D eigenvalue weighted by atomic mass is 10.1. The number of benzene rings is 2. The van der Waals surface area contributed by atoms with Crippen LogP contribution in [-0.2, 0) is 17.8 Å². The van der Waals surface area contributed by atoms with Crippen LogP contribution in [0.25, 0.3) is 10.9 Å². The Morgan fingerprint density at radius 2 is 1.90 bits per heavy atom. The summed E-state index contributed by atoms with van der Waals surface area (Å²) in [5, 5.41) is 1.08. The SMILES string of the molecule is CCCCN(C(=O)CCc1ccccc1)C(C)c1nc2cc(Cl)ccc2c(=O)n1CC. The lowest BCUT2D eigenvalue weighted by Crippen LogP contribution is -2.38. The van der Waals surface area contributed by atoms with Crippen LogP contribution in [0.3, 0.4) is 0 Å². The zero-order valence-electron chi connectivity index (χ0n) is 18.5. The van der Waals surface area contributed by atoms with Gasteiger partial charge >= 0.3 is 0 Å². The van der Waals surface area contributed by atoms with E-state index in [4.69, 9.17) is 16.6 Å². The highest BCUT2D eigenvalue weighted by Gasteiger charge is 2.25. The second-order valence-electron chi connectivity index (χ2n) is 7.78. The van der Waals surface area contributed by atoms with E-state index >= 15 is 0 Å². The second kappa shape index (κ2) is 10.6. The molecule has 0 aliphatic rings. The molecule has 31 heavy (non-hydrogen) atoms. The number of fused-ring (bicyclic) bond motifs is 1. The highest BCUT2D eigenvalue weighted by atomic mass is 35.5. The number of amides is 1. The maximum absolute atomic E-state index is 13.2. The van der Waals surface area contributed by atoms with Crippen molar-refractivity contribution >= 4 is 28.4 Å². The van der Waals surface area contributed by atoms with Crippen molar-refractivity contribution in [3.05, 3.63) is 75.3 Å². The molecule has 0 saturated carbocycles. The third-order valence-electron chi connectivity index (χ3n) is 5.65. The maximum Gasteiger partial charge on any atom is 0.261 e. The highest BCUT2D eigenvalue weighted by Crippen LogP contribution is 2.23. The zero-order valence-corrected chi connectivity index (χ0v) is 19.2. The van der Waals surface area contributed by atoms with E-state index in [1.165, 1.54) is 0 Å². The summed E-state index contributed by atoms with van der Waals surface area (Å²) >= 11 is 6.14. The van der Waals surface area contributed by atoms with Crippen molar-refractivity contribution in [2.45, 2.75) is 59.0 Å². The van der Waals surface area contributed by atoms with Gasteiger partial charge in [0.15, 0.2) is 0 Å². The molecule has 0 radical (unpaired) electrons. The van der Waals surface area contributed by atoms with Crippen LogP contribution in [0.5, 0.6) is 0 Å². The van der Waals surface area contributed by atoms with Gasteiger partial charge in [-0.3, -0.25) is 14.2 Å². The first-order valence-corrected chi connectivity index (χ1v) is 11.4. The van der Waals surface area contributed by atoms with Crippen LogP contribution >= 0.6 is 11.6 Å². The first kappa shape index (κ1) is 23.0. The van der Waals surface area contributed by atoms with Crippen molar-refractivity contribution < 1.29 is 4.79 Å². The molecule has 1 aromatic heterocycles. The molecule has 0 N–H and O–H groups in total. The normalized spacial score (nSPS) is 12.1. The number of nitrogens with zero attached hydrogens (tertiary/aromatic N) is 3. The predicted octanol–water partition coefficient (Wildman–Crippen LogP) is 5.39. The molecule has 3 rings (SSSR count). The van der Waals surface area contributed by atoms with Gasteiger partial charge in [0.05, 0.1) is 16.9 Å². The lowest BCUT2D eigenvalue weighted by Gasteiger charge is -2.30. The molecule has 0 saturated heterocycles. The molecule has 0 bridgehead atoms. The smallest absolute Gasteiger partial charge is 0.261 e. The summed E-state index contributed by atoms with van der Waals surface area (Å²) in [6, 6.07) is 14.8. The predicted molar refractivity (Wildman–Crippen MR) is 126 cm³/mol. The summed E-state index contributed by atoms with van der Waals surface area (Å²) in [6.07, 6.45) is 3.00. The summed E-state index contributed by atoms with van der Waals surface area (Å²) < 4.78 is 1.67. The molecule has 1 heterocycles. The van der Waals surface area contributed by atoms with E-state index in [2.05, 4.69) is 6.92 Å². The first-order valence-electron chi connectivity index (χ1n) is 11.0. The fraction of sp³-hybridized carbons (Fsp3) is 0.400. The summed E-state index contributed by atoms with van der Waals surface area (Å²) in [4.78, 5) is 33.0. The van der Waals surface area contributed by atoms with Gasteiger partial charge < -0.3 is 4.90 Å². The zero-order chi connectivity index (χ0) is 22.4. The monoisotopic (exact) mass is 439 g/mol. The van der Waals surface area contributed by atoms with Gasteiger partial charge in [-0.05, 0) is 50.5 Å². The van der Waals surface area contributed by atoms with Gasteiger partial charge in [0, 0.05) is 24.5 Å². The average molecular weight is 440 g/mol.